The van der Waals surface area contributed by atoms with Gasteiger partial charge in [0.2, 0.25) is 0 Å². The van der Waals surface area contributed by atoms with Gasteiger partial charge in [-0.2, -0.15) is 0 Å². The van der Waals surface area contributed by atoms with Crippen molar-refractivity contribution in [3.05, 3.63) is 69.5 Å². The van der Waals surface area contributed by atoms with E-state index in [-0.39, 0.29) is 0 Å². The number of para-hydroxylation sites is 1. The van der Waals surface area contributed by atoms with Gasteiger partial charge in [-0.15, -0.1) is 0 Å². The minimum Gasteiger partial charge on any atom is -0.365 e. The summed E-state index contributed by atoms with van der Waals surface area (Å²) in [5, 5.41) is 9.42. The van der Waals surface area contributed by atoms with Crippen LogP contribution in [-0.4, -0.2) is 4.98 Å². The van der Waals surface area contributed by atoms with E-state index in [0.717, 1.165) is 5.35 Å². The van der Waals surface area contributed by atoms with E-state index < -0.39 is 0 Å². The first kappa shape index (κ1) is 9.54. The highest BCUT2D eigenvalue weighted by atomic mass is 14.8. The molecule has 0 radical (unpaired) electrons. The molecule has 1 aliphatic heterocycles. The second-order valence-electron chi connectivity index (χ2n) is 4.50. The summed E-state index contributed by atoms with van der Waals surface area (Å²) in [6.07, 6.45) is 4.06. The first-order chi connectivity index (χ1) is 8.93. The molecule has 2 heterocycles. The molecule has 4 rings (SSSR count). The van der Waals surface area contributed by atoms with Crippen molar-refractivity contribution in [3.8, 4) is 0 Å². The van der Waals surface area contributed by atoms with Crippen LogP contribution in [-0.2, 0) is 0 Å². The summed E-state index contributed by atoms with van der Waals surface area (Å²) >= 11 is 0. The average molecular weight is 232 g/mol. The molecular formula is C16H12N2. The SMILES string of the molecule is C1=c2ccccc2=c2c([nH]c3ccccc23)=CN1. The molecule has 1 aliphatic rings. The van der Waals surface area contributed by atoms with Crippen LogP contribution in [0.5, 0.6) is 0 Å². The third-order valence-corrected chi connectivity index (χ3v) is 3.43. The predicted octanol–water partition coefficient (Wildman–Crippen LogP) is 1.53. The standard InChI is InChI=1S/C16H12N2/c1-2-6-12-11(5-1)9-17-10-15-16(12)13-7-3-4-8-14(13)18-15/h1-10,17-18H. The predicted molar refractivity (Wildman–Crippen MR) is 73.7 cm³/mol. The van der Waals surface area contributed by atoms with Crippen LogP contribution >= 0.6 is 0 Å². The van der Waals surface area contributed by atoms with E-state index in [2.05, 4.69) is 58.8 Å². The molecule has 0 aliphatic carbocycles. The fourth-order valence-corrected chi connectivity index (χ4v) is 2.63. The first-order valence-corrected chi connectivity index (χ1v) is 6.06. The molecule has 0 fully saturated rings. The van der Waals surface area contributed by atoms with Gasteiger partial charge in [0.1, 0.15) is 0 Å². The number of hydrogen-bond donors (Lipinski definition) is 2. The highest BCUT2D eigenvalue weighted by Crippen LogP contribution is 2.10. The van der Waals surface area contributed by atoms with E-state index in [1.54, 1.807) is 0 Å². The lowest BCUT2D eigenvalue weighted by Gasteiger charge is -1.90. The zero-order chi connectivity index (χ0) is 11.9. The third kappa shape index (κ3) is 1.23. The van der Waals surface area contributed by atoms with Crippen LogP contribution in [0.3, 0.4) is 0 Å². The van der Waals surface area contributed by atoms with Gasteiger partial charge in [0, 0.05) is 28.5 Å². The van der Waals surface area contributed by atoms with Crippen LogP contribution in [0.4, 0.5) is 0 Å². The van der Waals surface area contributed by atoms with Crippen LogP contribution in [0.15, 0.2) is 48.5 Å². The lowest BCUT2D eigenvalue weighted by molar-refractivity contribution is 1.29. The van der Waals surface area contributed by atoms with Crippen molar-refractivity contribution >= 4 is 23.3 Å². The highest BCUT2D eigenvalue weighted by molar-refractivity contribution is 5.80. The molecule has 2 heteroatoms. The minimum absolute atomic E-state index is 1.14. The number of benzene rings is 2. The first-order valence-electron chi connectivity index (χ1n) is 6.06. The van der Waals surface area contributed by atoms with Gasteiger partial charge < -0.3 is 10.3 Å². The molecule has 0 atom stereocenters. The molecule has 0 spiro atoms. The van der Waals surface area contributed by atoms with Crippen molar-refractivity contribution in [1.29, 1.82) is 0 Å². The fourth-order valence-electron chi connectivity index (χ4n) is 2.63. The van der Waals surface area contributed by atoms with E-state index >= 15 is 0 Å². The molecule has 2 aromatic carbocycles. The third-order valence-electron chi connectivity index (χ3n) is 3.43. The van der Waals surface area contributed by atoms with Gasteiger partial charge in [0.05, 0.1) is 5.35 Å². The number of hydrogen-bond acceptors (Lipinski definition) is 1. The van der Waals surface area contributed by atoms with E-state index in [9.17, 15) is 0 Å². The quantitative estimate of drug-likeness (QED) is 0.604. The van der Waals surface area contributed by atoms with Crippen molar-refractivity contribution in [1.82, 2.24) is 10.3 Å². The minimum atomic E-state index is 1.14. The topological polar surface area (TPSA) is 27.8 Å². The van der Waals surface area contributed by atoms with Crippen molar-refractivity contribution in [3.63, 3.8) is 0 Å². The van der Waals surface area contributed by atoms with E-state index in [4.69, 9.17) is 0 Å². The second-order valence-corrected chi connectivity index (χ2v) is 4.50. The maximum Gasteiger partial charge on any atom is 0.0634 e. The molecule has 2 nitrogen and oxygen atoms in total. The lowest BCUT2D eigenvalue weighted by Crippen LogP contribution is -2.07. The molecular weight excluding hydrogens is 220 g/mol. The van der Waals surface area contributed by atoms with Gasteiger partial charge in [-0.05, 0) is 16.5 Å². The molecule has 0 bridgehead atoms. The number of nitrogens with one attached hydrogen (secondary N) is 2. The molecule has 86 valence electrons. The molecule has 0 saturated carbocycles. The number of rotatable bonds is 0. The Morgan fingerprint density at radius 1 is 0.778 bits per heavy atom. The van der Waals surface area contributed by atoms with Crippen LogP contribution < -0.4 is 15.9 Å². The summed E-state index contributed by atoms with van der Waals surface area (Å²) in [7, 11) is 0. The Hall–Kier alpha value is -2.48. The molecule has 3 aromatic rings. The summed E-state index contributed by atoms with van der Waals surface area (Å²) in [6, 6.07) is 16.9. The van der Waals surface area contributed by atoms with Crippen molar-refractivity contribution in [2.24, 2.45) is 0 Å². The number of H-pyrrole nitrogens is 1. The summed E-state index contributed by atoms with van der Waals surface area (Å²) in [4.78, 5) is 3.46. The maximum absolute atomic E-state index is 3.46. The van der Waals surface area contributed by atoms with Crippen molar-refractivity contribution in [2.75, 3.05) is 0 Å². The molecule has 2 N–H and O–H groups in total. The Kier molecular flexibility index (Phi) is 1.86. The normalized spacial score (nSPS) is 12.7. The number of fused-ring (bicyclic) bond motifs is 4. The van der Waals surface area contributed by atoms with Gasteiger partial charge in [-0.25, -0.2) is 0 Å². The van der Waals surface area contributed by atoms with E-state index in [1.807, 2.05) is 12.4 Å². The van der Waals surface area contributed by atoms with Crippen molar-refractivity contribution in [2.45, 2.75) is 0 Å². The Labute approximate surface area is 104 Å². The Morgan fingerprint density at radius 3 is 2.61 bits per heavy atom. The summed E-state index contributed by atoms with van der Waals surface area (Å²) < 4.78 is 0. The van der Waals surface area contributed by atoms with Gasteiger partial charge in [-0.1, -0.05) is 42.5 Å². The summed E-state index contributed by atoms with van der Waals surface area (Å²) in [6.45, 7) is 0. The Bertz CT molecular complexity index is 949. The van der Waals surface area contributed by atoms with Gasteiger partial charge in [0.15, 0.2) is 0 Å². The Balaban J connectivity index is 2.49. The van der Waals surface area contributed by atoms with Crippen LogP contribution in [0.2, 0.25) is 0 Å². The molecule has 0 amide bonds. The van der Waals surface area contributed by atoms with Gasteiger partial charge >= 0.3 is 0 Å². The van der Waals surface area contributed by atoms with Crippen molar-refractivity contribution < 1.29 is 0 Å². The largest absolute Gasteiger partial charge is 0.365 e. The fraction of sp³-hybridized carbons (Fsp3) is 0. The molecule has 18 heavy (non-hydrogen) atoms. The second kappa shape index (κ2) is 3.50. The van der Waals surface area contributed by atoms with Gasteiger partial charge in [-0.3, -0.25) is 0 Å². The van der Waals surface area contributed by atoms with Crippen LogP contribution in [0.1, 0.15) is 0 Å². The molecule has 0 saturated heterocycles. The van der Waals surface area contributed by atoms with Gasteiger partial charge in [0.25, 0.3) is 0 Å². The van der Waals surface area contributed by atoms with E-state index in [0.29, 0.717) is 0 Å². The summed E-state index contributed by atoms with van der Waals surface area (Å²) in [5.74, 6) is 0. The van der Waals surface area contributed by atoms with Crippen LogP contribution in [0, 0.1) is 10.4 Å². The number of aromatic nitrogens is 1. The summed E-state index contributed by atoms with van der Waals surface area (Å²) in [5.41, 5.74) is 1.18. The highest BCUT2D eigenvalue weighted by Gasteiger charge is 2.02. The molecule has 1 aromatic heterocycles. The average Bonchev–Trinajstić information content (AvgIpc) is 2.68. The Morgan fingerprint density at radius 2 is 1.61 bits per heavy atom. The maximum atomic E-state index is 3.46. The molecule has 0 unspecified atom stereocenters. The number of aromatic amines is 1. The van der Waals surface area contributed by atoms with Crippen LogP contribution in [0.25, 0.3) is 23.3 Å². The van der Waals surface area contributed by atoms with E-state index in [1.165, 1.54) is 26.6 Å². The smallest absolute Gasteiger partial charge is 0.0634 e. The lowest BCUT2D eigenvalue weighted by atomic mass is 10.1. The monoisotopic (exact) mass is 232 g/mol. The zero-order valence-electron chi connectivity index (χ0n) is 9.77. The zero-order valence-corrected chi connectivity index (χ0v) is 9.77.